The number of imidazole rings is 1. The molecular formula is C17H18ClN3O5. The Labute approximate surface area is 154 Å². The third kappa shape index (κ3) is 3.56. The number of hydrogen-bond acceptors (Lipinski definition) is 6. The van der Waals surface area contributed by atoms with Crippen molar-refractivity contribution in [2.45, 2.75) is 25.2 Å². The van der Waals surface area contributed by atoms with Crippen molar-refractivity contribution in [1.29, 1.82) is 0 Å². The molecule has 1 atom stereocenters. The van der Waals surface area contributed by atoms with Crippen molar-refractivity contribution in [3.05, 3.63) is 51.1 Å². The molecule has 2 heterocycles. The lowest BCUT2D eigenvalue weighted by Crippen LogP contribution is -2.11. The second-order valence-corrected chi connectivity index (χ2v) is 6.37. The summed E-state index contributed by atoms with van der Waals surface area (Å²) in [6, 6.07) is 2.55. The fourth-order valence-electron chi connectivity index (χ4n) is 3.14. The first-order chi connectivity index (χ1) is 12.5. The molecule has 0 saturated carbocycles. The number of esters is 1. The molecule has 138 valence electrons. The number of rotatable bonds is 4. The van der Waals surface area contributed by atoms with Gasteiger partial charge in [0.05, 0.1) is 22.6 Å². The number of nitro benzene ring substituents is 1. The van der Waals surface area contributed by atoms with Gasteiger partial charge in [0.1, 0.15) is 11.5 Å². The van der Waals surface area contributed by atoms with Crippen molar-refractivity contribution >= 4 is 23.3 Å². The Hall–Kier alpha value is -2.45. The van der Waals surface area contributed by atoms with Crippen LogP contribution in [0, 0.1) is 10.1 Å². The summed E-state index contributed by atoms with van der Waals surface area (Å²) in [6.45, 7) is 1.33. The van der Waals surface area contributed by atoms with Crippen LogP contribution in [-0.4, -0.2) is 40.8 Å². The molecule has 26 heavy (non-hydrogen) atoms. The topological polar surface area (TPSA) is 96.5 Å². The highest BCUT2D eigenvalue weighted by atomic mass is 35.5. The lowest BCUT2D eigenvalue weighted by molar-refractivity contribution is -0.384. The van der Waals surface area contributed by atoms with Gasteiger partial charge in [-0.1, -0.05) is 11.6 Å². The summed E-state index contributed by atoms with van der Waals surface area (Å²) < 4.78 is 11.8. The first-order valence-electron chi connectivity index (χ1n) is 8.20. The zero-order chi connectivity index (χ0) is 18.7. The van der Waals surface area contributed by atoms with E-state index in [1.165, 1.54) is 13.2 Å². The second-order valence-electron chi connectivity index (χ2n) is 5.97. The van der Waals surface area contributed by atoms with Crippen molar-refractivity contribution in [2.75, 3.05) is 20.3 Å². The quantitative estimate of drug-likeness (QED) is 0.458. The van der Waals surface area contributed by atoms with Gasteiger partial charge in [-0.3, -0.25) is 14.7 Å². The highest BCUT2D eigenvalue weighted by Gasteiger charge is 2.26. The summed E-state index contributed by atoms with van der Waals surface area (Å²) >= 11 is 6.18. The molecule has 2 aromatic rings. The molecule has 1 unspecified atom stereocenters. The Kier molecular flexibility index (Phi) is 5.53. The Morgan fingerprint density at radius 2 is 2.23 bits per heavy atom. The van der Waals surface area contributed by atoms with Crippen LogP contribution in [0.15, 0.2) is 24.5 Å². The van der Waals surface area contributed by atoms with Crippen LogP contribution in [0.25, 0.3) is 5.69 Å². The van der Waals surface area contributed by atoms with E-state index in [1.54, 1.807) is 17.0 Å². The van der Waals surface area contributed by atoms with Gasteiger partial charge in [0.2, 0.25) is 0 Å². The van der Waals surface area contributed by atoms with Crippen molar-refractivity contribution in [3.63, 3.8) is 0 Å². The molecule has 0 bridgehead atoms. The van der Waals surface area contributed by atoms with E-state index < -0.39 is 10.9 Å². The predicted octanol–water partition coefficient (Wildman–Crippen LogP) is 3.50. The van der Waals surface area contributed by atoms with E-state index in [9.17, 15) is 14.9 Å². The lowest BCUT2D eigenvalue weighted by atomic mass is 9.99. The molecule has 1 aromatic heterocycles. The minimum atomic E-state index is -0.726. The van der Waals surface area contributed by atoms with Gasteiger partial charge in [0.25, 0.3) is 5.69 Å². The van der Waals surface area contributed by atoms with E-state index in [0.29, 0.717) is 13.2 Å². The molecule has 1 fully saturated rings. The average molecular weight is 380 g/mol. The minimum Gasteiger partial charge on any atom is -0.465 e. The summed E-state index contributed by atoms with van der Waals surface area (Å²) in [6.07, 6.45) is 5.85. The highest BCUT2D eigenvalue weighted by molar-refractivity contribution is 6.34. The summed E-state index contributed by atoms with van der Waals surface area (Å²) in [4.78, 5) is 27.3. The largest absolute Gasteiger partial charge is 0.465 e. The Bertz CT molecular complexity index is 828. The average Bonchev–Trinajstić information content (AvgIpc) is 2.95. The van der Waals surface area contributed by atoms with Crippen LogP contribution in [0.4, 0.5) is 5.69 Å². The normalized spacial score (nSPS) is 17.5. The molecule has 3 rings (SSSR count). The Morgan fingerprint density at radius 3 is 2.96 bits per heavy atom. The van der Waals surface area contributed by atoms with Crippen molar-refractivity contribution < 1.29 is 19.2 Å². The number of ether oxygens (including phenoxy) is 2. The van der Waals surface area contributed by atoms with Gasteiger partial charge in [-0.2, -0.15) is 0 Å². The van der Waals surface area contributed by atoms with Gasteiger partial charge in [0.15, 0.2) is 0 Å². The van der Waals surface area contributed by atoms with Gasteiger partial charge in [-0.25, -0.2) is 9.78 Å². The van der Waals surface area contributed by atoms with E-state index in [1.807, 2.05) is 0 Å². The van der Waals surface area contributed by atoms with Crippen LogP contribution in [0.1, 0.15) is 41.4 Å². The summed E-state index contributed by atoms with van der Waals surface area (Å²) in [5.41, 5.74) is -0.0154. The van der Waals surface area contributed by atoms with Gasteiger partial charge in [0, 0.05) is 37.6 Å². The molecule has 1 saturated heterocycles. The van der Waals surface area contributed by atoms with Crippen LogP contribution in [0.5, 0.6) is 0 Å². The van der Waals surface area contributed by atoms with Crippen LogP contribution >= 0.6 is 11.6 Å². The van der Waals surface area contributed by atoms with Crippen LogP contribution in [0.3, 0.4) is 0 Å². The number of benzene rings is 1. The van der Waals surface area contributed by atoms with E-state index in [4.69, 9.17) is 16.3 Å². The molecule has 0 radical (unpaired) electrons. The predicted molar refractivity (Wildman–Crippen MR) is 94.0 cm³/mol. The zero-order valence-electron chi connectivity index (χ0n) is 14.2. The number of nitrogens with zero attached hydrogens (tertiary/aromatic N) is 3. The maximum atomic E-state index is 11.8. The molecular weight excluding hydrogens is 362 g/mol. The smallest absolute Gasteiger partial charge is 0.339 e. The summed E-state index contributed by atoms with van der Waals surface area (Å²) in [5, 5.41) is 11.7. The molecule has 0 spiro atoms. The Balaban J connectivity index is 2.10. The van der Waals surface area contributed by atoms with Crippen LogP contribution in [0.2, 0.25) is 5.02 Å². The number of hydrogen-bond donors (Lipinski definition) is 0. The number of aromatic nitrogens is 2. The second kappa shape index (κ2) is 7.84. The molecule has 0 aliphatic carbocycles. The van der Waals surface area contributed by atoms with Crippen molar-refractivity contribution in [2.24, 2.45) is 0 Å². The number of nitro groups is 1. The summed E-state index contributed by atoms with van der Waals surface area (Å²) in [7, 11) is 1.19. The number of carbonyl (C=O) groups excluding carboxylic acids is 1. The maximum absolute atomic E-state index is 11.8. The van der Waals surface area contributed by atoms with E-state index >= 15 is 0 Å². The lowest BCUT2D eigenvalue weighted by Gasteiger charge is -2.16. The first-order valence-corrected chi connectivity index (χ1v) is 8.58. The maximum Gasteiger partial charge on any atom is 0.339 e. The van der Waals surface area contributed by atoms with Crippen molar-refractivity contribution in [3.8, 4) is 5.69 Å². The number of carbonyl (C=O) groups is 1. The minimum absolute atomic E-state index is 0.0471. The fraction of sp³-hybridized carbons (Fsp3) is 0.412. The van der Waals surface area contributed by atoms with Gasteiger partial charge >= 0.3 is 5.97 Å². The van der Waals surface area contributed by atoms with E-state index in [2.05, 4.69) is 9.72 Å². The van der Waals surface area contributed by atoms with Crippen LogP contribution in [-0.2, 0) is 9.47 Å². The third-order valence-corrected chi connectivity index (χ3v) is 4.72. The first kappa shape index (κ1) is 18.3. The SMILES string of the molecule is COC(=O)c1cc([N+](=O)[O-])c(-n2ccnc2C2CCCOCC2)cc1Cl. The number of methoxy groups -OCH3 is 1. The van der Waals surface area contributed by atoms with E-state index in [0.717, 1.165) is 31.2 Å². The van der Waals surface area contributed by atoms with Crippen LogP contribution < -0.4 is 0 Å². The van der Waals surface area contributed by atoms with Gasteiger partial charge < -0.3 is 9.47 Å². The molecule has 1 aromatic carbocycles. The monoisotopic (exact) mass is 379 g/mol. The van der Waals surface area contributed by atoms with Gasteiger partial charge in [-0.15, -0.1) is 0 Å². The third-order valence-electron chi connectivity index (χ3n) is 4.41. The zero-order valence-corrected chi connectivity index (χ0v) is 14.9. The molecule has 0 amide bonds. The van der Waals surface area contributed by atoms with Gasteiger partial charge in [-0.05, 0) is 25.3 Å². The van der Waals surface area contributed by atoms with E-state index in [-0.39, 0.29) is 27.9 Å². The highest BCUT2D eigenvalue weighted by Crippen LogP contribution is 2.34. The standard InChI is InChI=1S/C17H18ClN3O5/c1-25-17(22)12-9-15(21(23)24)14(10-13(12)18)20-6-5-19-16(20)11-3-2-7-26-8-4-11/h5-6,9-11H,2-4,7-8H2,1H3. The summed E-state index contributed by atoms with van der Waals surface area (Å²) in [5.74, 6) is 0.128. The Morgan fingerprint density at radius 1 is 1.42 bits per heavy atom. The molecule has 8 nitrogen and oxygen atoms in total. The number of halogens is 1. The molecule has 0 N–H and O–H groups in total. The molecule has 1 aliphatic heterocycles. The fourth-order valence-corrected chi connectivity index (χ4v) is 3.37. The van der Waals surface area contributed by atoms with Crippen molar-refractivity contribution in [1.82, 2.24) is 9.55 Å². The molecule has 9 heteroatoms. The molecule has 1 aliphatic rings.